The quantitative estimate of drug-likeness (QED) is 0.849. The smallest absolute Gasteiger partial charge is 0.127 e. The zero-order valence-electron chi connectivity index (χ0n) is 13.5. The predicted molar refractivity (Wildman–Crippen MR) is 88.3 cm³/mol. The molecule has 0 aliphatic carbocycles. The predicted octanol–water partition coefficient (Wildman–Crippen LogP) is 2.80. The third-order valence-corrected chi connectivity index (χ3v) is 3.57. The third kappa shape index (κ3) is 4.33. The van der Waals surface area contributed by atoms with Gasteiger partial charge in [0.1, 0.15) is 5.82 Å². The summed E-state index contributed by atoms with van der Waals surface area (Å²) < 4.78 is 2.07. The Balaban J connectivity index is 2.06. The van der Waals surface area contributed by atoms with E-state index in [1.807, 2.05) is 19.4 Å². The van der Waals surface area contributed by atoms with Gasteiger partial charge in [0, 0.05) is 38.7 Å². The summed E-state index contributed by atoms with van der Waals surface area (Å²) in [6.45, 7) is 7.21. The summed E-state index contributed by atoms with van der Waals surface area (Å²) in [5, 5.41) is 3.52. The van der Waals surface area contributed by atoms with Crippen LogP contribution in [0.15, 0.2) is 36.7 Å². The Kier molecular flexibility index (Phi) is 5.39. The first kappa shape index (κ1) is 15.6. The molecular weight excluding hydrogens is 260 g/mol. The second-order valence-electron chi connectivity index (χ2n) is 5.96. The number of benzene rings is 1. The Morgan fingerprint density at radius 3 is 2.71 bits per heavy atom. The highest BCUT2D eigenvalue weighted by Gasteiger charge is 2.09. The molecule has 2 rings (SSSR count). The van der Waals surface area contributed by atoms with Gasteiger partial charge in [-0.15, -0.1) is 0 Å². The molecule has 2 aromatic rings. The maximum atomic E-state index is 4.40. The highest BCUT2D eigenvalue weighted by Crippen LogP contribution is 2.20. The molecule has 4 nitrogen and oxygen atoms in total. The van der Waals surface area contributed by atoms with Gasteiger partial charge in [-0.3, -0.25) is 0 Å². The first-order valence-electron chi connectivity index (χ1n) is 7.54. The molecule has 0 spiro atoms. The molecule has 21 heavy (non-hydrogen) atoms. The van der Waals surface area contributed by atoms with Crippen LogP contribution in [0.5, 0.6) is 0 Å². The number of anilines is 1. The molecule has 0 aliphatic rings. The number of aryl methyl sites for hydroxylation is 1. The van der Waals surface area contributed by atoms with Crippen molar-refractivity contribution in [3.8, 4) is 0 Å². The monoisotopic (exact) mass is 286 g/mol. The summed E-state index contributed by atoms with van der Waals surface area (Å²) in [4.78, 5) is 6.66. The Morgan fingerprint density at radius 2 is 2.05 bits per heavy atom. The van der Waals surface area contributed by atoms with Crippen molar-refractivity contribution in [2.45, 2.75) is 26.9 Å². The zero-order chi connectivity index (χ0) is 15.2. The minimum absolute atomic E-state index is 0.669. The van der Waals surface area contributed by atoms with Crippen LogP contribution in [0, 0.1) is 5.92 Å². The molecule has 0 amide bonds. The van der Waals surface area contributed by atoms with Crippen molar-refractivity contribution in [3.63, 3.8) is 0 Å². The molecule has 0 atom stereocenters. The number of para-hydroxylation sites is 1. The second kappa shape index (κ2) is 7.27. The van der Waals surface area contributed by atoms with E-state index in [1.54, 1.807) is 0 Å². The van der Waals surface area contributed by atoms with Gasteiger partial charge in [-0.25, -0.2) is 4.98 Å². The number of aromatic nitrogens is 2. The van der Waals surface area contributed by atoms with Crippen molar-refractivity contribution in [2.24, 2.45) is 13.0 Å². The molecule has 0 radical (unpaired) electrons. The molecule has 1 aromatic carbocycles. The van der Waals surface area contributed by atoms with E-state index in [9.17, 15) is 0 Å². The fourth-order valence-electron chi connectivity index (χ4n) is 2.37. The van der Waals surface area contributed by atoms with Crippen LogP contribution in [0.25, 0.3) is 0 Å². The van der Waals surface area contributed by atoms with Gasteiger partial charge in [-0.05, 0) is 24.1 Å². The lowest BCUT2D eigenvalue weighted by atomic mass is 10.1. The fourth-order valence-corrected chi connectivity index (χ4v) is 2.37. The van der Waals surface area contributed by atoms with Crippen LogP contribution < -0.4 is 10.2 Å². The van der Waals surface area contributed by atoms with Crippen molar-refractivity contribution >= 4 is 5.69 Å². The molecular formula is C17H26N4. The van der Waals surface area contributed by atoms with Crippen molar-refractivity contribution in [2.75, 3.05) is 18.5 Å². The fraction of sp³-hybridized carbons (Fsp3) is 0.471. The molecule has 0 unspecified atom stereocenters. The first-order chi connectivity index (χ1) is 10.1. The Hall–Kier alpha value is -1.81. The number of hydrogen-bond acceptors (Lipinski definition) is 3. The van der Waals surface area contributed by atoms with Gasteiger partial charge in [-0.2, -0.15) is 0 Å². The van der Waals surface area contributed by atoms with Gasteiger partial charge in [0.25, 0.3) is 0 Å². The normalized spacial score (nSPS) is 11.1. The lowest BCUT2D eigenvalue weighted by molar-refractivity contribution is 0.552. The molecule has 114 valence electrons. The van der Waals surface area contributed by atoms with Gasteiger partial charge in [0.15, 0.2) is 0 Å². The Morgan fingerprint density at radius 1 is 1.29 bits per heavy atom. The van der Waals surface area contributed by atoms with Crippen LogP contribution in [-0.2, 0) is 20.1 Å². The number of imidazole rings is 1. The van der Waals surface area contributed by atoms with E-state index in [1.165, 1.54) is 11.3 Å². The largest absolute Gasteiger partial charge is 0.367 e. The molecule has 1 heterocycles. The van der Waals surface area contributed by atoms with Gasteiger partial charge in [0.05, 0.1) is 6.54 Å². The van der Waals surface area contributed by atoms with Gasteiger partial charge < -0.3 is 14.8 Å². The minimum atomic E-state index is 0.669. The van der Waals surface area contributed by atoms with E-state index in [2.05, 4.69) is 64.9 Å². The van der Waals surface area contributed by atoms with E-state index in [-0.39, 0.29) is 0 Å². The van der Waals surface area contributed by atoms with Crippen molar-refractivity contribution in [1.29, 1.82) is 0 Å². The van der Waals surface area contributed by atoms with E-state index in [0.29, 0.717) is 5.92 Å². The highest BCUT2D eigenvalue weighted by atomic mass is 15.2. The third-order valence-electron chi connectivity index (χ3n) is 3.57. The van der Waals surface area contributed by atoms with Crippen LogP contribution in [0.2, 0.25) is 0 Å². The molecule has 1 aromatic heterocycles. The minimum Gasteiger partial charge on any atom is -0.367 e. The van der Waals surface area contributed by atoms with E-state index in [0.717, 1.165) is 25.5 Å². The second-order valence-corrected chi connectivity index (χ2v) is 5.96. The average Bonchev–Trinajstić information content (AvgIpc) is 2.84. The molecule has 0 fully saturated rings. The average molecular weight is 286 g/mol. The molecule has 4 heteroatoms. The number of nitrogens with zero attached hydrogens (tertiary/aromatic N) is 3. The van der Waals surface area contributed by atoms with Gasteiger partial charge in [0.2, 0.25) is 0 Å². The zero-order valence-corrected chi connectivity index (χ0v) is 13.5. The molecule has 0 saturated carbocycles. The van der Waals surface area contributed by atoms with Crippen LogP contribution in [0.4, 0.5) is 5.69 Å². The van der Waals surface area contributed by atoms with Crippen LogP contribution in [0.3, 0.4) is 0 Å². The van der Waals surface area contributed by atoms with Crippen molar-refractivity contribution in [3.05, 3.63) is 48.0 Å². The number of nitrogens with one attached hydrogen (secondary N) is 1. The number of hydrogen-bond donors (Lipinski definition) is 1. The maximum Gasteiger partial charge on any atom is 0.127 e. The SMILES string of the molecule is CC(C)CNCc1ccccc1N(C)Cc1nccn1C. The molecule has 0 aliphatic heterocycles. The Labute approximate surface area is 127 Å². The van der Waals surface area contributed by atoms with Gasteiger partial charge >= 0.3 is 0 Å². The summed E-state index contributed by atoms with van der Waals surface area (Å²) >= 11 is 0. The summed E-state index contributed by atoms with van der Waals surface area (Å²) in [5.74, 6) is 1.74. The Bertz CT molecular complexity index is 559. The molecule has 1 N–H and O–H groups in total. The maximum absolute atomic E-state index is 4.40. The van der Waals surface area contributed by atoms with Crippen LogP contribution in [0.1, 0.15) is 25.2 Å². The lowest BCUT2D eigenvalue weighted by Gasteiger charge is -2.22. The van der Waals surface area contributed by atoms with Crippen LogP contribution in [-0.4, -0.2) is 23.1 Å². The van der Waals surface area contributed by atoms with E-state index >= 15 is 0 Å². The van der Waals surface area contributed by atoms with E-state index < -0.39 is 0 Å². The summed E-state index contributed by atoms with van der Waals surface area (Å²) in [6, 6.07) is 8.56. The lowest BCUT2D eigenvalue weighted by Crippen LogP contribution is -2.23. The number of rotatable bonds is 7. The highest BCUT2D eigenvalue weighted by molar-refractivity contribution is 5.53. The van der Waals surface area contributed by atoms with Gasteiger partial charge in [-0.1, -0.05) is 32.0 Å². The summed E-state index contributed by atoms with van der Waals surface area (Å²) in [5.41, 5.74) is 2.59. The summed E-state index contributed by atoms with van der Waals surface area (Å²) in [6.07, 6.45) is 3.83. The molecule has 0 saturated heterocycles. The standard InChI is InChI=1S/C17H26N4/c1-14(2)11-18-12-15-7-5-6-8-16(15)21(4)13-17-19-9-10-20(17)3/h5-10,14,18H,11-13H2,1-4H3. The topological polar surface area (TPSA) is 33.1 Å². The van der Waals surface area contributed by atoms with Crippen molar-refractivity contribution in [1.82, 2.24) is 14.9 Å². The first-order valence-corrected chi connectivity index (χ1v) is 7.54. The molecule has 0 bridgehead atoms. The van der Waals surface area contributed by atoms with Crippen molar-refractivity contribution < 1.29 is 0 Å². The summed E-state index contributed by atoms with van der Waals surface area (Å²) in [7, 11) is 4.15. The van der Waals surface area contributed by atoms with E-state index in [4.69, 9.17) is 0 Å². The van der Waals surface area contributed by atoms with Crippen LogP contribution >= 0.6 is 0 Å².